The van der Waals surface area contributed by atoms with Gasteiger partial charge in [0.1, 0.15) is 6.04 Å². The molecule has 0 aromatic rings. The van der Waals surface area contributed by atoms with Crippen molar-refractivity contribution in [3.8, 4) is 0 Å². The lowest BCUT2D eigenvalue weighted by Crippen LogP contribution is -2.59. The van der Waals surface area contributed by atoms with E-state index >= 15 is 0 Å². The highest BCUT2D eigenvalue weighted by atomic mass is 16.4. The van der Waals surface area contributed by atoms with Crippen molar-refractivity contribution < 1.29 is 24.6 Å². The Balaban J connectivity index is 2.81. The number of carboxylic acids is 2. The van der Waals surface area contributed by atoms with Gasteiger partial charge in [-0.05, 0) is 6.42 Å². The SMILES string of the molecule is N[C@@H]1C(=O)N[C@H](C(=O)O)C[C@H]1C(=O)O. The maximum absolute atomic E-state index is 11.1. The number of amides is 1. The molecule has 0 radical (unpaired) electrons. The van der Waals surface area contributed by atoms with Crippen LogP contribution >= 0.6 is 0 Å². The van der Waals surface area contributed by atoms with Gasteiger partial charge in [-0.25, -0.2) is 4.79 Å². The lowest BCUT2D eigenvalue weighted by molar-refractivity contribution is -0.151. The Morgan fingerprint density at radius 2 is 1.93 bits per heavy atom. The van der Waals surface area contributed by atoms with E-state index in [1.165, 1.54) is 0 Å². The van der Waals surface area contributed by atoms with Crippen LogP contribution in [-0.4, -0.2) is 40.1 Å². The van der Waals surface area contributed by atoms with Gasteiger partial charge >= 0.3 is 11.9 Å². The van der Waals surface area contributed by atoms with Gasteiger partial charge in [0.15, 0.2) is 0 Å². The molecule has 78 valence electrons. The average Bonchev–Trinajstić information content (AvgIpc) is 2.08. The summed E-state index contributed by atoms with van der Waals surface area (Å²) >= 11 is 0. The van der Waals surface area contributed by atoms with Crippen LogP contribution in [0.25, 0.3) is 0 Å². The standard InChI is InChI=1S/C7H10N2O5/c8-4-2(6(11)12)1-3(7(13)14)9-5(4)10/h2-4H,1,8H2,(H,9,10)(H,11,12)(H,13,14)/t2-,3+,4+/m1/s1. The highest BCUT2D eigenvalue weighted by Crippen LogP contribution is 2.16. The summed E-state index contributed by atoms with van der Waals surface area (Å²) < 4.78 is 0. The van der Waals surface area contributed by atoms with Gasteiger partial charge < -0.3 is 21.3 Å². The second-order valence-corrected chi connectivity index (χ2v) is 3.11. The molecule has 1 aliphatic heterocycles. The number of carboxylic acid groups (broad SMARTS) is 2. The zero-order valence-electron chi connectivity index (χ0n) is 7.14. The predicted molar refractivity (Wildman–Crippen MR) is 43.3 cm³/mol. The van der Waals surface area contributed by atoms with Gasteiger partial charge in [-0.1, -0.05) is 0 Å². The molecule has 1 rings (SSSR count). The topological polar surface area (TPSA) is 130 Å². The van der Waals surface area contributed by atoms with E-state index in [1.54, 1.807) is 0 Å². The molecular weight excluding hydrogens is 192 g/mol. The molecule has 0 aromatic carbocycles. The number of carbonyl (C=O) groups excluding carboxylic acids is 1. The van der Waals surface area contributed by atoms with Crippen LogP contribution in [-0.2, 0) is 14.4 Å². The van der Waals surface area contributed by atoms with Crippen LogP contribution in [0.2, 0.25) is 0 Å². The molecule has 7 nitrogen and oxygen atoms in total. The number of carbonyl (C=O) groups is 3. The zero-order chi connectivity index (χ0) is 10.9. The first kappa shape index (κ1) is 10.5. The molecule has 1 heterocycles. The maximum atomic E-state index is 11.1. The quantitative estimate of drug-likeness (QED) is 0.409. The smallest absolute Gasteiger partial charge is 0.326 e. The van der Waals surface area contributed by atoms with E-state index in [1.807, 2.05) is 0 Å². The normalized spacial score (nSPS) is 32.1. The minimum absolute atomic E-state index is 0.183. The molecule has 0 spiro atoms. The zero-order valence-corrected chi connectivity index (χ0v) is 7.14. The van der Waals surface area contributed by atoms with Crippen molar-refractivity contribution in [2.45, 2.75) is 18.5 Å². The van der Waals surface area contributed by atoms with Crippen molar-refractivity contribution >= 4 is 17.8 Å². The lowest BCUT2D eigenvalue weighted by Gasteiger charge is -2.29. The summed E-state index contributed by atoms with van der Waals surface area (Å²) in [4.78, 5) is 32.2. The third-order valence-corrected chi connectivity index (χ3v) is 2.16. The van der Waals surface area contributed by atoms with Crippen LogP contribution < -0.4 is 11.1 Å². The molecule has 0 bridgehead atoms. The van der Waals surface area contributed by atoms with Crippen molar-refractivity contribution in [2.75, 3.05) is 0 Å². The summed E-state index contributed by atoms with van der Waals surface area (Å²) in [6.07, 6.45) is -0.183. The van der Waals surface area contributed by atoms with Crippen molar-refractivity contribution in [1.29, 1.82) is 0 Å². The molecule has 1 saturated heterocycles. The van der Waals surface area contributed by atoms with Gasteiger partial charge in [0.05, 0.1) is 12.0 Å². The number of nitrogens with two attached hydrogens (primary N) is 1. The maximum Gasteiger partial charge on any atom is 0.326 e. The molecule has 0 unspecified atom stereocenters. The van der Waals surface area contributed by atoms with Crippen LogP contribution in [0, 0.1) is 5.92 Å². The molecule has 0 aliphatic carbocycles. The van der Waals surface area contributed by atoms with Gasteiger partial charge in [0.25, 0.3) is 0 Å². The van der Waals surface area contributed by atoms with Gasteiger partial charge in [-0.15, -0.1) is 0 Å². The Hall–Kier alpha value is -1.63. The number of rotatable bonds is 2. The minimum atomic E-state index is -1.25. The van der Waals surface area contributed by atoms with Crippen molar-refractivity contribution in [3.63, 3.8) is 0 Å². The fourth-order valence-electron chi connectivity index (χ4n) is 1.33. The summed E-state index contributed by atoms with van der Waals surface area (Å²) in [5.41, 5.74) is 5.30. The van der Waals surface area contributed by atoms with E-state index in [-0.39, 0.29) is 6.42 Å². The second kappa shape index (κ2) is 3.62. The minimum Gasteiger partial charge on any atom is -0.481 e. The third kappa shape index (κ3) is 1.82. The fourth-order valence-corrected chi connectivity index (χ4v) is 1.33. The molecule has 0 aromatic heterocycles. The molecule has 1 aliphatic rings. The summed E-state index contributed by atoms with van der Waals surface area (Å²) in [5, 5.41) is 19.4. The monoisotopic (exact) mass is 202 g/mol. The molecule has 1 fully saturated rings. The van der Waals surface area contributed by atoms with Crippen LogP contribution in [0.15, 0.2) is 0 Å². The highest BCUT2D eigenvalue weighted by molar-refractivity contribution is 5.92. The molecular formula is C7H10N2O5. The van der Waals surface area contributed by atoms with Crippen LogP contribution in [0.5, 0.6) is 0 Å². The lowest BCUT2D eigenvalue weighted by atomic mass is 9.88. The molecule has 7 heteroatoms. The summed E-state index contributed by atoms with van der Waals surface area (Å²) in [5.74, 6) is -4.38. The van der Waals surface area contributed by atoms with E-state index in [0.717, 1.165) is 0 Å². The molecule has 1 amide bonds. The number of hydrogen-bond acceptors (Lipinski definition) is 4. The average molecular weight is 202 g/mol. The Kier molecular flexibility index (Phi) is 2.70. The molecule has 5 N–H and O–H groups in total. The highest BCUT2D eigenvalue weighted by Gasteiger charge is 2.40. The summed E-state index contributed by atoms with van der Waals surface area (Å²) in [6.45, 7) is 0. The molecule has 14 heavy (non-hydrogen) atoms. The molecule has 0 saturated carbocycles. The van der Waals surface area contributed by atoms with Gasteiger partial charge in [-0.2, -0.15) is 0 Å². The van der Waals surface area contributed by atoms with Crippen LogP contribution in [0.1, 0.15) is 6.42 Å². The number of piperidine rings is 1. The first-order valence-corrected chi connectivity index (χ1v) is 3.95. The third-order valence-electron chi connectivity index (χ3n) is 2.16. The van der Waals surface area contributed by atoms with Gasteiger partial charge in [0, 0.05) is 0 Å². The Labute approximate surface area is 78.9 Å². The summed E-state index contributed by atoms with van der Waals surface area (Å²) in [7, 11) is 0. The van der Waals surface area contributed by atoms with Crippen LogP contribution in [0.3, 0.4) is 0 Å². The number of nitrogens with one attached hydrogen (secondary N) is 1. The molecule has 3 atom stereocenters. The first-order valence-electron chi connectivity index (χ1n) is 3.95. The Morgan fingerprint density at radius 1 is 1.36 bits per heavy atom. The predicted octanol–water partition coefficient (Wildman–Crippen LogP) is -2.01. The van der Waals surface area contributed by atoms with Gasteiger partial charge in [-0.3, -0.25) is 9.59 Å². The second-order valence-electron chi connectivity index (χ2n) is 3.11. The van der Waals surface area contributed by atoms with Crippen molar-refractivity contribution in [3.05, 3.63) is 0 Å². The van der Waals surface area contributed by atoms with E-state index in [2.05, 4.69) is 5.32 Å². The van der Waals surface area contributed by atoms with E-state index < -0.39 is 35.8 Å². The fraction of sp³-hybridized carbons (Fsp3) is 0.571. The van der Waals surface area contributed by atoms with Gasteiger partial charge in [0.2, 0.25) is 5.91 Å². The largest absolute Gasteiger partial charge is 0.481 e. The summed E-state index contributed by atoms with van der Waals surface area (Å²) in [6, 6.07) is -2.34. The van der Waals surface area contributed by atoms with Crippen molar-refractivity contribution in [1.82, 2.24) is 5.32 Å². The number of aliphatic carboxylic acids is 2. The Bertz CT molecular complexity index is 290. The number of hydrogen-bond donors (Lipinski definition) is 4. The first-order chi connectivity index (χ1) is 6.43. The van der Waals surface area contributed by atoms with E-state index in [0.29, 0.717) is 0 Å². The van der Waals surface area contributed by atoms with Crippen LogP contribution in [0.4, 0.5) is 0 Å². The van der Waals surface area contributed by atoms with Crippen molar-refractivity contribution in [2.24, 2.45) is 11.7 Å². The Morgan fingerprint density at radius 3 is 2.36 bits per heavy atom. The van der Waals surface area contributed by atoms with E-state index in [9.17, 15) is 14.4 Å². The van der Waals surface area contributed by atoms with E-state index in [4.69, 9.17) is 15.9 Å².